The normalized spacial score (nSPS) is 19.8. The van der Waals surface area contributed by atoms with E-state index in [0.29, 0.717) is 0 Å². The molecule has 1 atom stereocenters. The highest BCUT2D eigenvalue weighted by atomic mass is 31.0. The van der Waals surface area contributed by atoms with Gasteiger partial charge in [-0.3, -0.25) is 4.99 Å². The van der Waals surface area contributed by atoms with Crippen molar-refractivity contribution < 1.29 is 0 Å². The van der Waals surface area contributed by atoms with E-state index in [9.17, 15) is 0 Å². The third-order valence-electron chi connectivity index (χ3n) is 0.341. The standard InChI is InChI=1S/C2H4NP/c4-2-1-3-2/h1,4H2. The van der Waals surface area contributed by atoms with Gasteiger partial charge in [0, 0.05) is 0 Å². The molecule has 0 saturated carbocycles. The third-order valence-corrected chi connectivity index (χ3v) is 0.706. The molecule has 0 spiro atoms. The highest BCUT2D eigenvalue weighted by molar-refractivity contribution is 7.42. The van der Waals surface area contributed by atoms with Gasteiger partial charge in [-0.1, -0.05) is 9.24 Å². The van der Waals surface area contributed by atoms with Crippen molar-refractivity contribution in [1.82, 2.24) is 0 Å². The fraction of sp³-hybridized carbons (Fsp3) is 0.500. The summed E-state index contributed by atoms with van der Waals surface area (Å²) in [5.74, 6) is 0. The van der Waals surface area contributed by atoms with Crippen LogP contribution >= 0.6 is 9.24 Å². The first-order valence-corrected chi connectivity index (χ1v) is 1.76. The lowest BCUT2D eigenvalue weighted by Crippen LogP contribution is -1.49. The smallest absolute Gasteiger partial charge is 0.0809 e. The number of rotatable bonds is 0. The summed E-state index contributed by atoms with van der Waals surface area (Å²) in [7, 11) is 2.52. The van der Waals surface area contributed by atoms with Gasteiger partial charge in [0.15, 0.2) is 0 Å². The fourth-order valence-corrected chi connectivity index (χ4v) is 0.137. The molecule has 2 heteroatoms. The van der Waals surface area contributed by atoms with Gasteiger partial charge >= 0.3 is 0 Å². The Hall–Kier alpha value is 0.100. The van der Waals surface area contributed by atoms with E-state index in [4.69, 9.17) is 0 Å². The molecule has 1 unspecified atom stereocenters. The Balaban J connectivity index is 2.54. The highest BCUT2D eigenvalue weighted by Crippen LogP contribution is 2.01. The molecule has 0 fully saturated rings. The van der Waals surface area contributed by atoms with Crippen molar-refractivity contribution in [2.75, 3.05) is 6.54 Å². The Kier molecular flexibility index (Phi) is 0.308. The lowest BCUT2D eigenvalue weighted by atomic mass is 11.0. The summed E-state index contributed by atoms with van der Waals surface area (Å²) < 4.78 is 0. The Morgan fingerprint density at radius 2 is 2.25 bits per heavy atom. The van der Waals surface area contributed by atoms with Crippen LogP contribution in [0.15, 0.2) is 4.99 Å². The van der Waals surface area contributed by atoms with Gasteiger partial charge in [0.05, 0.1) is 12.0 Å². The van der Waals surface area contributed by atoms with E-state index in [1.54, 1.807) is 0 Å². The highest BCUT2D eigenvalue weighted by Gasteiger charge is 1.96. The third kappa shape index (κ3) is 0.264. The average Bonchev–Trinajstić information content (AvgIpc) is 1.75. The zero-order valence-corrected chi connectivity index (χ0v) is 3.39. The molecule has 1 nitrogen and oxygen atoms in total. The minimum atomic E-state index is 0.991. The molecule has 1 aliphatic heterocycles. The number of nitrogens with zero attached hydrogens (tertiary/aromatic N) is 1. The minimum Gasteiger partial charge on any atom is -0.282 e. The maximum atomic E-state index is 3.78. The van der Waals surface area contributed by atoms with Crippen molar-refractivity contribution in [2.24, 2.45) is 4.99 Å². The van der Waals surface area contributed by atoms with E-state index < -0.39 is 0 Å². The van der Waals surface area contributed by atoms with Crippen molar-refractivity contribution in [2.45, 2.75) is 0 Å². The zero-order chi connectivity index (χ0) is 2.99. The second kappa shape index (κ2) is 0.526. The maximum Gasteiger partial charge on any atom is 0.0809 e. The lowest BCUT2D eigenvalue weighted by molar-refractivity contribution is 1.57. The van der Waals surface area contributed by atoms with Crippen LogP contribution in [-0.2, 0) is 0 Å². The van der Waals surface area contributed by atoms with Crippen LogP contribution in [0.3, 0.4) is 0 Å². The predicted molar refractivity (Wildman–Crippen MR) is 22.0 cm³/mol. The molecule has 0 amide bonds. The Bertz CT molecular complexity index is 57.1. The van der Waals surface area contributed by atoms with E-state index in [2.05, 4.69) is 14.2 Å². The van der Waals surface area contributed by atoms with Crippen molar-refractivity contribution in [1.29, 1.82) is 0 Å². The molecule has 0 aromatic heterocycles. The monoisotopic (exact) mass is 73.0 g/mol. The van der Waals surface area contributed by atoms with Crippen LogP contribution in [0.4, 0.5) is 0 Å². The first-order chi connectivity index (χ1) is 1.89. The predicted octanol–water partition coefficient (Wildman–Crippen LogP) is 0.274. The van der Waals surface area contributed by atoms with Gasteiger partial charge in [0.1, 0.15) is 0 Å². The number of hydrogen-bond donors (Lipinski definition) is 0. The summed E-state index contributed by atoms with van der Waals surface area (Å²) in [6.07, 6.45) is 0. The van der Waals surface area contributed by atoms with Crippen LogP contribution < -0.4 is 0 Å². The molecule has 1 rings (SSSR count). The van der Waals surface area contributed by atoms with Crippen molar-refractivity contribution >= 4 is 14.7 Å². The van der Waals surface area contributed by atoms with Gasteiger partial charge in [-0.2, -0.15) is 0 Å². The first kappa shape index (κ1) is 2.34. The molecule has 0 saturated heterocycles. The van der Waals surface area contributed by atoms with E-state index in [1.807, 2.05) is 0 Å². The van der Waals surface area contributed by atoms with E-state index in [0.717, 1.165) is 6.54 Å². The fourth-order valence-electron chi connectivity index (χ4n) is 0.0456. The van der Waals surface area contributed by atoms with Gasteiger partial charge in [-0.15, -0.1) is 0 Å². The summed E-state index contributed by atoms with van der Waals surface area (Å²) in [5.41, 5.74) is 1.21. The molecule has 0 aliphatic carbocycles. The van der Waals surface area contributed by atoms with Gasteiger partial charge < -0.3 is 0 Å². The van der Waals surface area contributed by atoms with E-state index in [1.165, 1.54) is 5.45 Å². The molecule has 0 aromatic rings. The SMILES string of the molecule is PC1=NC1. The first-order valence-electron chi connectivity index (χ1n) is 1.18. The Labute approximate surface area is 27.3 Å². The molecule has 4 heavy (non-hydrogen) atoms. The van der Waals surface area contributed by atoms with Gasteiger partial charge in [-0.05, 0) is 0 Å². The molecule has 0 N–H and O–H groups in total. The molecule has 22 valence electrons. The molecular formula is C2H4NP. The van der Waals surface area contributed by atoms with Crippen molar-refractivity contribution in [3.63, 3.8) is 0 Å². The molecule has 0 bridgehead atoms. The van der Waals surface area contributed by atoms with E-state index >= 15 is 0 Å². The van der Waals surface area contributed by atoms with Gasteiger partial charge in [0.25, 0.3) is 0 Å². The van der Waals surface area contributed by atoms with Gasteiger partial charge in [0.2, 0.25) is 0 Å². The zero-order valence-electron chi connectivity index (χ0n) is 2.23. The van der Waals surface area contributed by atoms with Crippen LogP contribution in [0.25, 0.3) is 0 Å². The van der Waals surface area contributed by atoms with Crippen LogP contribution in [0.5, 0.6) is 0 Å². The Morgan fingerprint density at radius 1 is 2.00 bits per heavy atom. The second-order valence-corrected chi connectivity index (χ2v) is 1.47. The summed E-state index contributed by atoms with van der Waals surface area (Å²) in [6.45, 7) is 0.991. The largest absolute Gasteiger partial charge is 0.282 e. The lowest BCUT2D eigenvalue weighted by Gasteiger charge is -1.39. The second-order valence-electron chi connectivity index (χ2n) is 0.808. The van der Waals surface area contributed by atoms with E-state index in [-0.39, 0.29) is 0 Å². The molecule has 0 radical (unpaired) electrons. The summed E-state index contributed by atoms with van der Waals surface area (Å²) in [4.78, 5) is 3.78. The topological polar surface area (TPSA) is 12.4 Å². The van der Waals surface area contributed by atoms with Crippen molar-refractivity contribution in [3.8, 4) is 0 Å². The average molecular weight is 73.0 g/mol. The molecular weight excluding hydrogens is 69.0 g/mol. The van der Waals surface area contributed by atoms with Crippen LogP contribution in [-0.4, -0.2) is 12.0 Å². The summed E-state index contributed by atoms with van der Waals surface area (Å²) in [5, 5.41) is 0. The molecule has 0 aromatic carbocycles. The molecule has 1 aliphatic rings. The van der Waals surface area contributed by atoms with Crippen LogP contribution in [0.1, 0.15) is 0 Å². The summed E-state index contributed by atoms with van der Waals surface area (Å²) in [6, 6.07) is 0. The Morgan fingerprint density at radius 3 is 2.25 bits per heavy atom. The van der Waals surface area contributed by atoms with Crippen LogP contribution in [0, 0.1) is 0 Å². The maximum absolute atomic E-state index is 3.78. The van der Waals surface area contributed by atoms with Crippen molar-refractivity contribution in [3.05, 3.63) is 0 Å². The number of aliphatic imine (C=N–C) groups is 1. The minimum absolute atomic E-state index is 0.991. The quantitative estimate of drug-likeness (QED) is 0.365. The molecule has 1 heterocycles. The van der Waals surface area contributed by atoms with Gasteiger partial charge in [-0.25, -0.2) is 0 Å². The number of hydrogen-bond acceptors (Lipinski definition) is 1. The summed E-state index contributed by atoms with van der Waals surface area (Å²) >= 11 is 0. The van der Waals surface area contributed by atoms with Crippen LogP contribution in [0.2, 0.25) is 0 Å².